The van der Waals surface area contributed by atoms with Gasteiger partial charge in [-0.3, -0.25) is 0 Å². The lowest BCUT2D eigenvalue weighted by Gasteiger charge is -2.42. The Bertz CT molecular complexity index is 3750. The van der Waals surface area contributed by atoms with Gasteiger partial charge in [-0.2, -0.15) is 0 Å². The molecule has 9 aromatic rings. The van der Waals surface area contributed by atoms with Crippen LogP contribution in [0.3, 0.4) is 0 Å². The topological polar surface area (TPSA) is 12.5 Å². The molecule has 2 aliphatic heterocycles. The van der Waals surface area contributed by atoms with Crippen LogP contribution in [-0.2, 0) is 21.7 Å². The monoisotopic (exact) mass is 1090 g/mol. The van der Waals surface area contributed by atoms with Gasteiger partial charge in [0.15, 0.2) is 0 Å². The summed E-state index contributed by atoms with van der Waals surface area (Å²) in [6.45, 7) is 42.5. The summed E-state index contributed by atoms with van der Waals surface area (Å²) in [7, 11) is -3.19. The van der Waals surface area contributed by atoms with Gasteiger partial charge in [-0.05, 0) is 129 Å². The molecule has 0 saturated heterocycles. The third-order valence-electron chi connectivity index (χ3n) is 17.3. The molecule has 5 heteroatoms. The van der Waals surface area contributed by atoms with Crippen LogP contribution < -0.4 is 36.4 Å². The molecule has 2 aliphatic rings. The number of hydrogen-bond acceptors (Lipinski definition) is 2. The largest absolute Gasteiger partial charge is 0.458 e. The van der Waals surface area contributed by atoms with E-state index >= 15 is 0 Å². The Labute approximate surface area is 488 Å². The Hall–Kier alpha value is -6.92. The van der Waals surface area contributed by atoms with E-state index in [1.807, 2.05) is 0 Å². The number of benzene rings is 9. The van der Waals surface area contributed by atoms with E-state index < -0.39 is 16.1 Å². The molecule has 11 rings (SSSR count). The Morgan fingerprint density at radius 3 is 1.20 bits per heavy atom. The summed E-state index contributed by atoms with van der Waals surface area (Å²) >= 11 is 0. The Balaban J connectivity index is 1.26. The van der Waals surface area contributed by atoms with Crippen LogP contribution in [0.1, 0.15) is 105 Å². The van der Waals surface area contributed by atoms with E-state index in [-0.39, 0.29) is 28.4 Å². The molecule has 0 spiro atoms. The minimum absolute atomic E-state index is 0.0290. The van der Waals surface area contributed by atoms with Gasteiger partial charge in [-0.25, -0.2) is 0 Å². The van der Waals surface area contributed by atoms with Gasteiger partial charge in [0.1, 0.15) is 11.5 Å². The molecule has 9 aromatic carbocycles. The molecular weight excluding hydrogens is 1010 g/mol. The van der Waals surface area contributed by atoms with Crippen LogP contribution in [0.4, 0.5) is 17.1 Å². The van der Waals surface area contributed by atoms with Crippen LogP contribution >= 0.6 is 0 Å². The maximum atomic E-state index is 7.45. The van der Waals surface area contributed by atoms with E-state index in [2.05, 4.69) is 309 Å². The predicted octanol–water partition coefficient (Wildman–Crippen LogP) is 18.7. The summed E-state index contributed by atoms with van der Waals surface area (Å²) in [5, 5.41) is 2.91. The molecule has 0 atom stereocenters. The Morgan fingerprint density at radius 1 is 0.333 bits per heavy atom. The van der Waals surface area contributed by atoms with Crippen LogP contribution in [-0.4, -0.2) is 22.9 Å². The van der Waals surface area contributed by atoms with Crippen LogP contribution in [0.25, 0.3) is 55.6 Å². The van der Waals surface area contributed by atoms with E-state index in [1.165, 1.54) is 99.2 Å². The molecule has 0 bridgehead atoms. The van der Waals surface area contributed by atoms with E-state index in [4.69, 9.17) is 4.74 Å². The summed E-state index contributed by atoms with van der Waals surface area (Å²) in [6.07, 6.45) is 0. The Morgan fingerprint density at radius 2 is 0.753 bits per heavy atom. The van der Waals surface area contributed by atoms with Crippen molar-refractivity contribution in [1.29, 1.82) is 0 Å². The van der Waals surface area contributed by atoms with Crippen LogP contribution in [0, 0.1) is 0 Å². The van der Waals surface area contributed by atoms with Crippen molar-refractivity contribution in [3.63, 3.8) is 0 Å². The number of ether oxygens (including phenoxy) is 1. The van der Waals surface area contributed by atoms with Crippen LogP contribution in [0.2, 0.25) is 39.3 Å². The summed E-state index contributed by atoms with van der Waals surface area (Å²) in [6, 6.07) is 70.8. The zero-order valence-corrected chi connectivity index (χ0v) is 53.8. The van der Waals surface area contributed by atoms with Crippen molar-refractivity contribution in [1.82, 2.24) is 0 Å². The lowest BCUT2D eigenvalue weighted by molar-refractivity contribution is 0.488. The van der Waals surface area contributed by atoms with Gasteiger partial charge >= 0.3 is 0 Å². The van der Waals surface area contributed by atoms with E-state index in [0.29, 0.717) is 0 Å². The van der Waals surface area contributed by atoms with Crippen molar-refractivity contribution >= 4 is 66.7 Å². The summed E-state index contributed by atoms with van der Waals surface area (Å²) in [5.74, 6) is 1.79. The first-order valence-electron chi connectivity index (χ1n) is 29.6. The fraction of sp³-hybridized carbons (Fsp3) is 0.289. The van der Waals surface area contributed by atoms with Crippen molar-refractivity contribution < 1.29 is 4.74 Å². The standard InChI is InChI=1S/C76H84BNOSi2/c1-73(2,3)57-39-54(40-58(47-57)74(4,5)6)52-31-37-67-65(43-52)77-66-44-53(55-41-59(75(7,8)9)48-60(42-55)76(10,11)12)32-38-69(66)79-70-46-56(49-23-20-19-21-24-49)45-68(71(70)77)78(67)72-63(50-27-33-61(34-28-50)80(13,14)15)25-22-26-64(72)51-29-35-62(36-30-51)81(16,17)18/h19-48H,1-18H3. The normalized spacial score (nSPS) is 13.6. The predicted molar refractivity (Wildman–Crippen MR) is 360 cm³/mol. The smallest absolute Gasteiger partial charge is 0.256 e. The number of fused-ring (bicyclic) bond motifs is 4. The van der Waals surface area contributed by atoms with Crippen LogP contribution in [0.15, 0.2) is 182 Å². The van der Waals surface area contributed by atoms with E-state index in [9.17, 15) is 0 Å². The minimum atomic E-state index is -1.59. The molecule has 0 amide bonds. The zero-order valence-electron chi connectivity index (χ0n) is 51.8. The number of rotatable bonds is 8. The number of hydrogen-bond donors (Lipinski definition) is 0. The zero-order chi connectivity index (χ0) is 57.9. The molecule has 0 aromatic heterocycles. The summed E-state index contributed by atoms with van der Waals surface area (Å²) in [5.41, 5.74) is 24.3. The van der Waals surface area contributed by atoms with E-state index in [1.54, 1.807) is 0 Å². The third-order valence-corrected chi connectivity index (χ3v) is 21.4. The summed E-state index contributed by atoms with van der Waals surface area (Å²) in [4.78, 5) is 2.64. The lowest BCUT2D eigenvalue weighted by Crippen LogP contribution is -2.59. The molecule has 0 radical (unpaired) electrons. The first kappa shape index (κ1) is 56.0. The van der Waals surface area contributed by atoms with Crippen LogP contribution in [0.5, 0.6) is 11.5 Å². The molecular formula is C76H84BNOSi2. The first-order valence-corrected chi connectivity index (χ1v) is 36.6. The lowest BCUT2D eigenvalue weighted by atomic mass is 9.34. The highest BCUT2D eigenvalue weighted by Gasteiger charge is 2.44. The van der Waals surface area contributed by atoms with Crippen molar-refractivity contribution in [2.75, 3.05) is 4.90 Å². The van der Waals surface area contributed by atoms with Gasteiger partial charge in [-0.15, -0.1) is 0 Å². The molecule has 0 fully saturated rings. The van der Waals surface area contributed by atoms with Crippen molar-refractivity contribution in [2.45, 2.75) is 144 Å². The SMILES string of the molecule is CC(C)(C)c1cc(-c2ccc3c(c2)B2c4cc(-c5cc(C(C)(C)C)cc(C(C)(C)C)c5)ccc4N(c4c(-c5ccc([Si](C)(C)C)cc5)cccc4-c4ccc([Si](C)(C)C)cc4)c4cc(-c5ccccc5)cc(c42)O3)cc(C(C)(C)C)c1. The summed E-state index contributed by atoms with van der Waals surface area (Å²) < 4.78 is 7.45. The molecule has 0 unspecified atom stereocenters. The number of nitrogens with zero attached hydrogens (tertiary/aromatic N) is 1. The van der Waals surface area contributed by atoms with Gasteiger partial charge in [0.05, 0.1) is 21.8 Å². The molecule has 0 N–H and O–H groups in total. The molecule has 410 valence electrons. The fourth-order valence-electron chi connectivity index (χ4n) is 12.0. The van der Waals surface area contributed by atoms with Gasteiger partial charge in [0, 0.05) is 22.5 Å². The molecule has 0 aliphatic carbocycles. The van der Waals surface area contributed by atoms with Gasteiger partial charge in [0.2, 0.25) is 0 Å². The molecule has 2 heterocycles. The van der Waals surface area contributed by atoms with Crippen molar-refractivity contribution in [2.24, 2.45) is 0 Å². The molecule has 2 nitrogen and oxygen atoms in total. The first-order chi connectivity index (χ1) is 37.9. The average Bonchev–Trinajstić information content (AvgIpc) is 2.81. The minimum Gasteiger partial charge on any atom is -0.458 e. The van der Waals surface area contributed by atoms with Gasteiger partial charge in [0.25, 0.3) is 6.71 Å². The fourth-order valence-corrected chi connectivity index (χ4v) is 14.4. The molecule has 0 saturated carbocycles. The second kappa shape index (κ2) is 19.9. The highest BCUT2D eigenvalue weighted by molar-refractivity contribution is 6.99. The highest BCUT2D eigenvalue weighted by Crippen LogP contribution is 2.51. The van der Waals surface area contributed by atoms with Crippen molar-refractivity contribution in [3.8, 4) is 67.1 Å². The van der Waals surface area contributed by atoms with E-state index in [0.717, 1.165) is 34.0 Å². The second-order valence-corrected chi connectivity index (χ2v) is 39.8. The Kier molecular flexibility index (Phi) is 13.8. The number of anilines is 3. The maximum Gasteiger partial charge on any atom is 0.256 e. The van der Waals surface area contributed by atoms with Gasteiger partial charge < -0.3 is 9.64 Å². The average molecular weight is 1090 g/mol. The highest BCUT2D eigenvalue weighted by atomic mass is 28.3. The second-order valence-electron chi connectivity index (χ2n) is 29.6. The number of para-hydroxylation sites is 1. The van der Waals surface area contributed by atoms with Crippen molar-refractivity contribution in [3.05, 3.63) is 204 Å². The third kappa shape index (κ3) is 10.8. The maximum absolute atomic E-state index is 7.45. The molecule has 81 heavy (non-hydrogen) atoms. The van der Waals surface area contributed by atoms with Gasteiger partial charge in [-0.1, -0.05) is 290 Å². The quantitative estimate of drug-likeness (QED) is 0.141.